The van der Waals surface area contributed by atoms with Crippen LogP contribution in [0.3, 0.4) is 0 Å². The highest BCUT2D eigenvalue weighted by Crippen LogP contribution is 2.48. The monoisotopic (exact) mass is 502 g/mol. The molecule has 4 heteroatoms. The summed E-state index contributed by atoms with van der Waals surface area (Å²) in [6, 6.07) is 36.4. The summed E-state index contributed by atoms with van der Waals surface area (Å²) >= 11 is 0. The fourth-order valence-electron chi connectivity index (χ4n) is 6.15. The highest BCUT2D eigenvalue weighted by molar-refractivity contribution is 5.70. The van der Waals surface area contributed by atoms with Crippen LogP contribution in [0.15, 0.2) is 103 Å². The Hall–Kier alpha value is -4.05. The van der Waals surface area contributed by atoms with E-state index < -0.39 is 0 Å². The first-order valence-electron chi connectivity index (χ1n) is 13.7. The Kier molecular flexibility index (Phi) is 7.12. The Morgan fingerprint density at radius 2 is 1.26 bits per heavy atom. The topological polar surface area (TPSA) is 41.6 Å². The molecule has 2 heterocycles. The lowest BCUT2D eigenvalue weighted by Gasteiger charge is -2.43. The fourth-order valence-corrected chi connectivity index (χ4v) is 6.15. The summed E-state index contributed by atoms with van der Waals surface area (Å²) in [5, 5.41) is 2.96. The molecule has 0 spiro atoms. The van der Waals surface area contributed by atoms with Gasteiger partial charge >= 0.3 is 6.09 Å². The van der Waals surface area contributed by atoms with Crippen molar-refractivity contribution in [3.8, 4) is 0 Å². The standard InChI is InChI=1S/C34H34N2O2/c37-34(38-24-25-10-4-1-5-11-25)35-19-16-26-22-31-29(27-12-6-2-7-13-27)17-20-36-21-18-30(32(23-26)33(31)36)28-14-8-3-9-15-28/h1-15,22-23,29-30H,16-21,24H2,(H,35,37). The van der Waals surface area contributed by atoms with Crippen LogP contribution in [0.25, 0.3) is 0 Å². The van der Waals surface area contributed by atoms with Crippen LogP contribution in [0.2, 0.25) is 0 Å². The second kappa shape index (κ2) is 11.1. The lowest BCUT2D eigenvalue weighted by atomic mass is 9.75. The minimum atomic E-state index is -0.372. The number of carbonyl (C=O) groups is 1. The molecule has 1 amide bonds. The van der Waals surface area contributed by atoms with Gasteiger partial charge in [-0.25, -0.2) is 4.79 Å². The molecule has 0 bridgehead atoms. The third-order valence-electron chi connectivity index (χ3n) is 7.97. The number of rotatable bonds is 7. The molecule has 4 aromatic rings. The lowest BCUT2D eigenvalue weighted by Crippen LogP contribution is -2.37. The maximum Gasteiger partial charge on any atom is 0.407 e. The number of nitrogens with one attached hydrogen (secondary N) is 1. The van der Waals surface area contributed by atoms with Gasteiger partial charge in [0.2, 0.25) is 0 Å². The molecule has 2 unspecified atom stereocenters. The first-order chi connectivity index (χ1) is 18.8. The molecule has 1 N–H and O–H groups in total. The van der Waals surface area contributed by atoms with Gasteiger partial charge in [-0.2, -0.15) is 0 Å². The van der Waals surface area contributed by atoms with Crippen molar-refractivity contribution in [1.82, 2.24) is 5.32 Å². The van der Waals surface area contributed by atoms with E-state index in [0.717, 1.165) is 37.9 Å². The van der Waals surface area contributed by atoms with Gasteiger partial charge in [0.1, 0.15) is 6.61 Å². The number of alkyl carbamates (subject to hydrolysis) is 1. The van der Waals surface area contributed by atoms with Gasteiger partial charge in [0.05, 0.1) is 0 Å². The van der Waals surface area contributed by atoms with Crippen LogP contribution in [0.4, 0.5) is 10.5 Å². The van der Waals surface area contributed by atoms with Crippen molar-refractivity contribution < 1.29 is 9.53 Å². The van der Waals surface area contributed by atoms with E-state index in [1.165, 1.54) is 33.5 Å². The summed E-state index contributed by atoms with van der Waals surface area (Å²) in [5.74, 6) is 0.777. The SMILES string of the molecule is O=C(NCCc1cc2c3c(c1)C(c1ccccc1)CCN3CCC2c1ccccc1)OCc1ccccc1. The Morgan fingerprint density at radius 1 is 0.737 bits per heavy atom. The average Bonchev–Trinajstić information content (AvgIpc) is 2.98. The molecule has 0 aromatic heterocycles. The molecule has 2 aliphatic heterocycles. The first kappa shape index (κ1) is 24.3. The Morgan fingerprint density at radius 3 is 1.82 bits per heavy atom. The van der Waals surface area contributed by atoms with Gasteiger partial charge in [-0.05, 0) is 52.6 Å². The quantitative estimate of drug-likeness (QED) is 0.295. The van der Waals surface area contributed by atoms with E-state index in [1.54, 1.807) is 0 Å². The van der Waals surface area contributed by atoms with E-state index >= 15 is 0 Å². The van der Waals surface area contributed by atoms with Crippen molar-refractivity contribution in [2.75, 3.05) is 24.5 Å². The maximum atomic E-state index is 12.3. The van der Waals surface area contributed by atoms with Gasteiger partial charge in [-0.1, -0.05) is 103 Å². The van der Waals surface area contributed by atoms with Crippen molar-refractivity contribution in [2.24, 2.45) is 0 Å². The van der Waals surface area contributed by atoms with Gasteiger partial charge in [-0.3, -0.25) is 0 Å². The predicted molar refractivity (Wildman–Crippen MR) is 153 cm³/mol. The molecule has 2 aliphatic rings. The second-order valence-electron chi connectivity index (χ2n) is 10.4. The maximum absolute atomic E-state index is 12.3. The summed E-state index contributed by atoms with van der Waals surface area (Å²) in [4.78, 5) is 15.0. The minimum absolute atomic E-state index is 0.281. The van der Waals surface area contributed by atoms with Crippen LogP contribution in [-0.2, 0) is 17.8 Å². The first-order valence-corrected chi connectivity index (χ1v) is 13.7. The van der Waals surface area contributed by atoms with Gasteiger partial charge in [0, 0.05) is 37.2 Å². The van der Waals surface area contributed by atoms with Crippen molar-refractivity contribution in [2.45, 2.75) is 37.7 Å². The molecule has 38 heavy (non-hydrogen) atoms. The Balaban J connectivity index is 1.26. The fraction of sp³-hybridized carbons (Fsp3) is 0.265. The van der Waals surface area contributed by atoms with Gasteiger partial charge in [0.25, 0.3) is 0 Å². The smallest absolute Gasteiger partial charge is 0.407 e. The second-order valence-corrected chi connectivity index (χ2v) is 10.4. The van der Waals surface area contributed by atoms with Crippen LogP contribution in [0.1, 0.15) is 58.1 Å². The molecule has 0 saturated carbocycles. The van der Waals surface area contributed by atoms with E-state index in [4.69, 9.17) is 4.74 Å². The summed E-state index contributed by atoms with van der Waals surface area (Å²) in [6.07, 6.45) is 2.65. The molecule has 192 valence electrons. The van der Waals surface area contributed by atoms with Crippen LogP contribution < -0.4 is 10.2 Å². The van der Waals surface area contributed by atoms with Gasteiger partial charge in [-0.15, -0.1) is 0 Å². The number of carbonyl (C=O) groups excluding carboxylic acids is 1. The number of hydrogen-bond donors (Lipinski definition) is 1. The number of anilines is 1. The summed E-state index contributed by atoms with van der Waals surface area (Å²) in [5.41, 5.74) is 9.33. The Bertz CT molecular complexity index is 1300. The molecule has 0 radical (unpaired) electrons. The highest BCUT2D eigenvalue weighted by atomic mass is 16.5. The van der Waals surface area contributed by atoms with Crippen molar-refractivity contribution in [3.63, 3.8) is 0 Å². The summed E-state index contributed by atoms with van der Waals surface area (Å²) in [6.45, 7) is 3.01. The normalized spacial score (nSPS) is 17.9. The number of benzene rings is 4. The van der Waals surface area contributed by atoms with E-state index in [2.05, 4.69) is 83.0 Å². The van der Waals surface area contributed by atoms with E-state index in [0.29, 0.717) is 18.4 Å². The van der Waals surface area contributed by atoms with E-state index in [1.807, 2.05) is 30.3 Å². The van der Waals surface area contributed by atoms with Crippen LogP contribution in [0, 0.1) is 0 Å². The molecule has 0 fully saturated rings. The van der Waals surface area contributed by atoms with E-state index in [-0.39, 0.29) is 12.7 Å². The number of hydrogen-bond acceptors (Lipinski definition) is 3. The van der Waals surface area contributed by atoms with Crippen LogP contribution >= 0.6 is 0 Å². The summed E-state index contributed by atoms with van der Waals surface area (Å²) in [7, 11) is 0. The largest absolute Gasteiger partial charge is 0.445 e. The molecular formula is C34H34N2O2. The zero-order valence-electron chi connectivity index (χ0n) is 21.7. The summed E-state index contributed by atoms with van der Waals surface area (Å²) < 4.78 is 5.42. The lowest BCUT2D eigenvalue weighted by molar-refractivity contribution is 0.140. The average molecular weight is 503 g/mol. The Labute approximate surface area is 225 Å². The molecule has 2 atom stereocenters. The van der Waals surface area contributed by atoms with Crippen molar-refractivity contribution in [3.05, 3.63) is 137 Å². The molecule has 6 rings (SSSR count). The van der Waals surface area contributed by atoms with Crippen molar-refractivity contribution >= 4 is 11.8 Å². The van der Waals surface area contributed by atoms with Gasteiger partial charge in [0.15, 0.2) is 0 Å². The van der Waals surface area contributed by atoms with E-state index in [9.17, 15) is 4.79 Å². The molecule has 4 aromatic carbocycles. The molecule has 4 nitrogen and oxygen atoms in total. The number of amides is 1. The molecule has 0 aliphatic carbocycles. The molecular weight excluding hydrogens is 468 g/mol. The zero-order chi connectivity index (χ0) is 25.7. The zero-order valence-corrected chi connectivity index (χ0v) is 21.7. The third-order valence-corrected chi connectivity index (χ3v) is 7.97. The van der Waals surface area contributed by atoms with Crippen LogP contribution in [-0.4, -0.2) is 25.7 Å². The number of ether oxygens (including phenoxy) is 1. The van der Waals surface area contributed by atoms with Crippen molar-refractivity contribution in [1.29, 1.82) is 0 Å². The highest BCUT2D eigenvalue weighted by Gasteiger charge is 2.34. The molecule has 0 saturated heterocycles. The predicted octanol–water partition coefficient (Wildman–Crippen LogP) is 7.03. The van der Waals surface area contributed by atoms with Gasteiger partial charge < -0.3 is 15.0 Å². The minimum Gasteiger partial charge on any atom is -0.445 e. The third kappa shape index (κ3) is 5.17. The number of nitrogens with zero attached hydrogens (tertiary/aromatic N) is 1. The van der Waals surface area contributed by atoms with Crippen LogP contribution in [0.5, 0.6) is 0 Å².